The van der Waals surface area contributed by atoms with Gasteiger partial charge in [-0.05, 0) is 49.8 Å². The average molecular weight is 474 g/mol. The largest absolute Gasteiger partial charge is 0.450 e. The van der Waals surface area contributed by atoms with Crippen molar-refractivity contribution in [3.63, 3.8) is 0 Å². The minimum Gasteiger partial charge on any atom is -0.450 e. The molecule has 0 atom stereocenters. The maximum atomic E-state index is 12.8. The van der Waals surface area contributed by atoms with E-state index in [9.17, 15) is 29.3 Å². The van der Waals surface area contributed by atoms with Crippen LogP contribution < -0.4 is 10.6 Å². The Morgan fingerprint density at radius 3 is 2.48 bits per heavy atom. The zero-order valence-corrected chi connectivity index (χ0v) is 18.6. The first kappa shape index (κ1) is 23.9. The summed E-state index contributed by atoms with van der Waals surface area (Å²) in [5.41, 5.74) is -0.656. The molecule has 0 unspecified atom stereocenters. The van der Waals surface area contributed by atoms with Crippen LogP contribution >= 0.6 is 11.3 Å². The van der Waals surface area contributed by atoms with Gasteiger partial charge in [0.1, 0.15) is 10.6 Å². The van der Waals surface area contributed by atoms with E-state index in [2.05, 4.69) is 10.1 Å². The second kappa shape index (κ2) is 10.7. The molecule has 0 aliphatic carbocycles. The summed E-state index contributed by atoms with van der Waals surface area (Å²) in [6.45, 7) is 2.83. The Hall–Kier alpha value is -3.80. The maximum absolute atomic E-state index is 12.8. The molecule has 1 saturated heterocycles. The second-order valence-electron chi connectivity index (χ2n) is 7.13. The number of imide groups is 1. The molecule has 4 amide bonds. The predicted octanol–water partition coefficient (Wildman–Crippen LogP) is 3.42. The zero-order chi connectivity index (χ0) is 24.0. The Balaban J connectivity index is 1.80. The average Bonchev–Trinajstić information content (AvgIpc) is 3.27. The molecule has 1 aliphatic heterocycles. The number of nitro benzene ring substituents is 1. The number of likely N-dealkylation sites (tertiary alicyclic amines) is 1. The number of nitro groups is 1. The number of hydrogen-bond acceptors (Lipinski definition) is 8. The van der Waals surface area contributed by atoms with Crippen molar-refractivity contribution >= 4 is 45.8 Å². The van der Waals surface area contributed by atoms with Gasteiger partial charge in [0.25, 0.3) is 23.4 Å². The highest BCUT2D eigenvalue weighted by Crippen LogP contribution is 2.27. The van der Waals surface area contributed by atoms with Crippen molar-refractivity contribution in [2.45, 2.75) is 26.2 Å². The fourth-order valence-corrected chi connectivity index (χ4v) is 4.15. The van der Waals surface area contributed by atoms with E-state index in [1.807, 2.05) is 5.32 Å². The molecule has 0 bridgehead atoms. The lowest BCUT2D eigenvalue weighted by Crippen LogP contribution is -2.35. The van der Waals surface area contributed by atoms with Crippen LogP contribution in [0, 0.1) is 10.1 Å². The molecule has 2 heterocycles. The fraction of sp³-hybridized carbons (Fsp3) is 0.333. The third-order valence-electron chi connectivity index (χ3n) is 4.96. The van der Waals surface area contributed by atoms with Gasteiger partial charge in [-0.15, -0.1) is 11.3 Å². The molecule has 0 radical (unpaired) electrons. The number of nitrogens with zero attached hydrogens (tertiary/aromatic N) is 2. The first-order valence-corrected chi connectivity index (χ1v) is 11.1. The monoisotopic (exact) mass is 474 g/mol. The molecular formula is C21H22N4O7S. The fourth-order valence-electron chi connectivity index (χ4n) is 3.37. The van der Waals surface area contributed by atoms with Crippen LogP contribution in [0.25, 0.3) is 0 Å². The highest BCUT2D eigenvalue weighted by molar-refractivity contribution is 7.14. The standard InChI is InChI=1S/C21H22N4O7S/c1-2-32-21(29)23-18(27)15-8-11-33-19(15)22-17(26)14-7-6-13(12-16(14)25(30)31)20(28)24-9-4-3-5-10-24/h6-8,11-12H,2-5,9-10H2,1H3,(H,22,26)(H,23,27,29). The molecule has 174 valence electrons. The van der Waals surface area contributed by atoms with Gasteiger partial charge in [0, 0.05) is 24.7 Å². The topological polar surface area (TPSA) is 148 Å². The van der Waals surface area contributed by atoms with Crippen LogP contribution in [0.5, 0.6) is 0 Å². The van der Waals surface area contributed by atoms with E-state index < -0.39 is 28.5 Å². The SMILES string of the molecule is CCOC(=O)NC(=O)c1ccsc1NC(=O)c1ccc(C(=O)N2CCCCC2)cc1[N+](=O)[O-]. The number of piperidine rings is 1. The Morgan fingerprint density at radius 1 is 1.09 bits per heavy atom. The molecule has 0 saturated carbocycles. The van der Waals surface area contributed by atoms with Crippen molar-refractivity contribution in [1.82, 2.24) is 10.2 Å². The van der Waals surface area contributed by atoms with Crippen LogP contribution in [0.15, 0.2) is 29.6 Å². The molecule has 1 aliphatic rings. The van der Waals surface area contributed by atoms with Crippen LogP contribution in [0.3, 0.4) is 0 Å². The maximum Gasteiger partial charge on any atom is 0.414 e. The molecule has 0 spiro atoms. The second-order valence-corrected chi connectivity index (χ2v) is 8.05. The van der Waals surface area contributed by atoms with Crippen LogP contribution in [0.1, 0.15) is 57.3 Å². The number of carbonyl (C=O) groups excluding carboxylic acids is 4. The van der Waals surface area contributed by atoms with Crippen molar-refractivity contribution in [3.8, 4) is 0 Å². The normalized spacial score (nSPS) is 13.2. The van der Waals surface area contributed by atoms with Crippen LogP contribution in [-0.4, -0.2) is 53.3 Å². The van der Waals surface area contributed by atoms with Crippen LogP contribution in [0.4, 0.5) is 15.5 Å². The lowest BCUT2D eigenvalue weighted by Gasteiger charge is -2.26. The lowest BCUT2D eigenvalue weighted by atomic mass is 10.1. The minimum atomic E-state index is -0.935. The summed E-state index contributed by atoms with van der Waals surface area (Å²) in [6.07, 6.45) is 1.85. The van der Waals surface area contributed by atoms with Gasteiger partial charge >= 0.3 is 6.09 Å². The van der Waals surface area contributed by atoms with Crippen molar-refractivity contribution in [2.24, 2.45) is 0 Å². The summed E-state index contributed by atoms with van der Waals surface area (Å²) in [5, 5.41) is 17.7. The zero-order valence-electron chi connectivity index (χ0n) is 17.8. The third kappa shape index (κ3) is 5.71. The molecule has 33 heavy (non-hydrogen) atoms. The van der Waals surface area contributed by atoms with Gasteiger partial charge in [-0.25, -0.2) is 4.79 Å². The Kier molecular flexibility index (Phi) is 7.72. The quantitative estimate of drug-likeness (QED) is 0.481. The van der Waals surface area contributed by atoms with E-state index in [0.29, 0.717) is 13.1 Å². The Morgan fingerprint density at radius 2 is 1.82 bits per heavy atom. The Labute approximate surface area is 192 Å². The number of rotatable bonds is 6. The molecule has 2 N–H and O–H groups in total. The first-order chi connectivity index (χ1) is 15.8. The summed E-state index contributed by atoms with van der Waals surface area (Å²) in [4.78, 5) is 61.8. The summed E-state index contributed by atoms with van der Waals surface area (Å²) >= 11 is 1.01. The highest BCUT2D eigenvalue weighted by atomic mass is 32.1. The van der Waals surface area contributed by atoms with Gasteiger partial charge in [0.15, 0.2) is 0 Å². The van der Waals surface area contributed by atoms with E-state index in [0.717, 1.165) is 36.7 Å². The number of nitrogens with one attached hydrogen (secondary N) is 2. The lowest BCUT2D eigenvalue weighted by molar-refractivity contribution is -0.385. The van der Waals surface area contributed by atoms with E-state index in [1.54, 1.807) is 11.8 Å². The summed E-state index contributed by atoms with van der Waals surface area (Å²) < 4.78 is 4.66. The van der Waals surface area contributed by atoms with Crippen molar-refractivity contribution in [3.05, 3.63) is 56.5 Å². The smallest absolute Gasteiger partial charge is 0.414 e. The van der Waals surface area contributed by atoms with Crippen molar-refractivity contribution in [2.75, 3.05) is 25.0 Å². The summed E-state index contributed by atoms with van der Waals surface area (Å²) in [5.74, 6) is -1.94. The van der Waals surface area contributed by atoms with E-state index in [4.69, 9.17) is 0 Å². The number of thiophene rings is 1. The minimum absolute atomic E-state index is 0.000882. The Bertz CT molecular complexity index is 1090. The molecule has 1 aromatic heterocycles. The van der Waals surface area contributed by atoms with Crippen molar-refractivity contribution in [1.29, 1.82) is 0 Å². The molecule has 12 heteroatoms. The van der Waals surface area contributed by atoms with Gasteiger partial charge < -0.3 is 15.0 Å². The van der Waals surface area contributed by atoms with Gasteiger partial charge in [0.05, 0.1) is 17.1 Å². The van der Waals surface area contributed by atoms with Crippen LogP contribution in [-0.2, 0) is 4.74 Å². The van der Waals surface area contributed by atoms with Gasteiger partial charge in [0.2, 0.25) is 0 Å². The first-order valence-electron chi connectivity index (χ1n) is 10.3. The highest BCUT2D eigenvalue weighted by Gasteiger charge is 2.26. The number of amides is 4. The number of alkyl carbamates (subject to hydrolysis) is 1. The molecule has 1 fully saturated rings. The van der Waals surface area contributed by atoms with E-state index in [-0.39, 0.29) is 34.2 Å². The molecule has 11 nitrogen and oxygen atoms in total. The van der Waals surface area contributed by atoms with Crippen molar-refractivity contribution < 1.29 is 28.8 Å². The van der Waals surface area contributed by atoms with Gasteiger partial charge in [-0.3, -0.25) is 29.8 Å². The predicted molar refractivity (Wildman–Crippen MR) is 120 cm³/mol. The summed E-state index contributed by atoms with van der Waals surface area (Å²) in [6, 6.07) is 5.08. The number of benzene rings is 1. The third-order valence-corrected chi connectivity index (χ3v) is 5.79. The molecule has 2 aromatic rings. The molecule has 3 rings (SSSR count). The molecule has 1 aromatic carbocycles. The van der Waals surface area contributed by atoms with Crippen LogP contribution in [0.2, 0.25) is 0 Å². The number of ether oxygens (including phenoxy) is 1. The number of anilines is 1. The number of hydrogen-bond donors (Lipinski definition) is 2. The summed E-state index contributed by atoms with van der Waals surface area (Å²) in [7, 11) is 0. The molecular weight excluding hydrogens is 452 g/mol. The van der Waals surface area contributed by atoms with E-state index >= 15 is 0 Å². The van der Waals surface area contributed by atoms with E-state index in [1.165, 1.54) is 23.6 Å². The van der Waals surface area contributed by atoms with Gasteiger partial charge in [-0.1, -0.05) is 0 Å². The van der Waals surface area contributed by atoms with Gasteiger partial charge in [-0.2, -0.15) is 0 Å². The number of carbonyl (C=O) groups is 4.